The van der Waals surface area contributed by atoms with Gasteiger partial charge in [0.15, 0.2) is 0 Å². The fraction of sp³-hybridized carbons (Fsp3) is 0.385. The van der Waals surface area contributed by atoms with Crippen molar-refractivity contribution in [1.82, 2.24) is 24.5 Å². The van der Waals surface area contributed by atoms with Crippen LogP contribution in [0.2, 0.25) is 5.02 Å². The minimum atomic E-state index is -4.58. The smallest absolute Gasteiger partial charge is 0.383 e. The lowest BCUT2D eigenvalue weighted by molar-refractivity contribution is -0.137. The summed E-state index contributed by atoms with van der Waals surface area (Å²) in [7, 11) is 0. The molecular weight excluding hydrogens is 535 g/mol. The molecule has 0 bridgehead atoms. The van der Waals surface area contributed by atoms with E-state index >= 15 is 0 Å². The molecule has 1 aromatic carbocycles. The molecule has 2 aromatic heterocycles. The van der Waals surface area contributed by atoms with E-state index in [0.717, 1.165) is 12.5 Å². The van der Waals surface area contributed by atoms with Gasteiger partial charge in [0.05, 0.1) is 29.4 Å². The highest BCUT2D eigenvalue weighted by Gasteiger charge is 2.79. The van der Waals surface area contributed by atoms with Crippen molar-refractivity contribution in [2.24, 2.45) is 23.0 Å². The van der Waals surface area contributed by atoms with Crippen LogP contribution in [0.4, 0.5) is 19.0 Å². The molecule has 9 nitrogen and oxygen atoms in total. The number of fused-ring (bicyclic) bond motifs is 1. The number of carbonyl (C=O) groups is 2. The Bertz CT molecular complexity index is 1600. The number of carbonyl (C=O) groups excluding carboxylic acids is 2. The topological polar surface area (TPSA) is 125 Å². The summed E-state index contributed by atoms with van der Waals surface area (Å²) in [4.78, 5) is 26.3. The first kappa shape index (κ1) is 25.3. The Morgan fingerprint density at radius 1 is 1.31 bits per heavy atom. The number of rotatable bonds is 5. The molecule has 3 heterocycles. The average Bonchev–Trinajstić information content (AvgIpc) is 3.35. The summed E-state index contributed by atoms with van der Waals surface area (Å²) in [6, 6.07) is 3.66. The van der Waals surface area contributed by atoms with Gasteiger partial charge in [-0.2, -0.15) is 23.4 Å². The van der Waals surface area contributed by atoms with E-state index in [0.29, 0.717) is 24.6 Å². The van der Waals surface area contributed by atoms with Gasteiger partial charge in [0.2, 0.25) is 0 Å². The molecule has 2 saturated carbocycles. The largest absolute Gasteiger partial charge is 0.417 e. The average molecular weight is 558 g/mol. The van der Waals surface area contributed by atoms with Gasteiger partial charge in [-0.25, -0.2) is 4.68 Å². The third kappa shape index (κ3) is 3.78. The molecule has 6 rings (SSSR count). The molecular formula is C26H23ClF3N7O2. The number of piperidine rings is 1. The number of aromatic nitrogens is 4. The highest BCUT2D eigenvalue weighted by atomic mass is 35.5. The number of primary amides is 1. The van der Waals surface area contributed by atoms with Gasteiger partial charge in [0, 0.05) is 30.3 Å². The maximum absolute atomic E-state index is 13.2. The minimum absolute atomic E-state index is 0.0304. The van der Waals surface area contributed by atoms with Crippen molar-refractivity contribution in [3.8, 4) is 23.1 Å². The number of halogens is 4. The molecule has 39 heavy (non-hydrogen) atoms. The molecule has 202 valence electrons. The lowest BCUT2D eigenvalue weighted by Gasteiger charge is -2.37. The summed E-state index contributed by atoms with van der Waals surface area (Å²) in [6.07, 6.45) is -0.808. The zero-order chi connectivity index (χ0) is 27.9. The molecule has 1 saturated heterocycles. The molecule has 4 atom stereocenters. The van der Waals surface area contributed by atoms with Crippen molar-refractivity contribution in [3.63, 3.8) is 0 Å². The van der Waals surface area contributed by atoms with Crippen LogP contribution >= 0.6 is 11.6 Å². The zero-order valence-corrected chi connectivity index (χ0v) is 21.4. The van der Waals surface area contributed by atoms with Crippen LogP contribution in [0.3, 0.4) is 0 Å². The predicted molar refractivity (Wildman–Crippen MR) is 135 cm³/mol. The van der Waals surface area contributed by atoms with Gasteiger partial charge in [-0.05, 0) is 42.7 Å². The standard InChI is InChI=1S/C26H23ClF3N7O2/c1-2-4-18(38)35-11-16-20-17(7-25(16,20)12-35)37-23(31)19(24(32)39)22(34-37)14-8-33-36(10-14)9-13-5-3-6-15(21(13)27)26(28,29)30/h3,5-6,8,10,16-17,20H,7,9,11-12,31H2,1H3,(H2,32,39)/t16?,17-,20?,25+/m1/s1. The molecule has 4 N–H and O–H groups in total. The van der Waals surface area contributed by atoms with Crippen LogP contribution in [-0.2, 0) is 17.5 Å². The second-order valence-corrected chi connectivity index (χ2v) is 10.7. The molecule has 13 heteroatoms. The van der Waals surface area contributed by atoms with Gasteiger partial charge in [-0.15, -0.1) is 0 Å². The molecule has 2 unspecified atom stereocenters. The summed E-state index contributed by atoms with van der Waals surface area (Å²) in [5, 5.41) is 8.49. The number of likely N-dealkylation sites (tertiary alicyclic amines) is 1. The Morgan fingerprint density at radius 3 is 2.74 bits per heavy atom. The maximum atomic E-state index is 13.2. The monoisotopic (exact) mass is 557 g/mol. The number of nitrogen functional groups attached to an aromatic ring is 1. The van der Waals surface area contributed by atoms with Crippen molar-refractivity contribution in [1.29, 1.82) is 0 Å². The summed E-state index contributed by atoms with van der Waals surface area (Å²) in [6.45, 7) is 2.88. The molecule has 2 amide bonds. The third-order valence-corrected chi connectivity index (χ3v) is 8.73. The van der Waals surface area contributed by atoms with Crippen molar-refractivity contribution in [3.05, 3.63) is 52.3 Å². The van der Waals surface area contributed by atoms with E-state index in [1.807, 2.05) is 0 Å². The Kier molecular flexibility index (Phi) is 5.52. The lowest BCUT2D eigenvalue weighted by Crippen LogP contribution is -2.40. The SMILES string of the molecule is CC#CC(=O)N1CC2C3[C@H](n4nc(-c5cnn(Cc6cccc(C(F)(F)F)c6Cl)c5)c(C(N)=O)c4N)C[C@]23C1. The first-order valence-corrected chi connectivity index (χ1v) is 12.6. The van der Waals surface area contributed by atoms with Gasteiger partial charge in [-0.3, -0.25) is 14.3 Å². The van der Waals surface area contributed by atoms with Crippen molar-refractivity contribution < 1.29 is 22.8 Å². The van der Waals surface area contributed by atoms with Gasteiger partial charge < -0.3 is 16.4 Å². The molecule has 1 aliphatic heterocycles. The quantitative estimate of drug-likeness (QED) is 0.466. The number of hydrogen-bond donors (Lipinski definition) is 2. The number of anilines is 1. The molecule has 1 spiro atoms. The van der Waals surface area contributed by atoms with E-state index in [-0.39, 0.29) is 52.5 Å². The van der Waals surface area contributed by atoms with Crippen LogP contribution in [0.25, 0.3) is 11.3 Å². The van der Waals surface area contributed by atoms with Crippen LogP contribution in [0.1, 0.15) is 40.9 Å². The number of nitrogens with zero attached hydrogens (tertiary/aromatic N) is 5. The number of nitrogens with two attached hydrogens (primary N) is 2. The summed E-state index contributed by atoms with van der Waals surface area (Å²) in [5.41, 5.74) is 12.1. The van der Waals surface area contributed by atoms with Gasteiger partial charge >= 0.3 is 6.18 Å². The number of amides is 2. The van der Waals surface area contributed by atoms with Crippen LogP contribution < -0.4 is 11.5 Å². The number of hydrogen-bond acceptors (Lipinski definition) is 5. The van der Waals surface area contributed by atoms with E-state index < -0.39 is 22.7 Å². The molecule has 3 aliphatic rings. The first-order chi connectivity index (χ1) is 18.5. The maximum Gasteiger partial charge on any atom is 0.417 e. The second kappa shape index (κ2) is 8.51. The first-order valence-electron chi connectivity index (χ1n) is 12.2. The molecule has 0 radical (unpaired) electrons. The Morgan fingerprint density at radius 2 is 2.08 bits per heavy atom. The van der Waals surface area contributed by atoms with Crippen molar-refractivity contribution in [2.75, 3.05) is 18.8 Å². The zero-order valence-electron chi connectivity index (χ0n) is 20.7. The fourth-order valence-electron chi connectivity index (χ4n) is 6.54. The van der Waals surface area contributed by atoms with E-state index in [1.54, 1.807) is 22.7 Å². The van der Waals surface area contributed by atoms with Gasteiger partial charge in [0.1, 0.15) is 17.1 Å². The fourth-order valence-corrected chi connectivity index (χ4v) is 6.83. The normalized spacial score (nSPS) is 24.8. The van der Waals surface area contributed by atoms with Crippen molar-refractivity contribution in [2.45, 2.75) is 32.1 Å². The minimum Gasteiger partial charge on any atom is -0.383 e. The van der Waals surface area contributed by atoms with E-state index in [1.165, 1.54) is 23.0 Å². The summed E-state index contributed by atoms with van der Waals surface area (Å²) >= 11 is 6.03. The van der Waals surface area contributed by atoms with Crippen LogP contribution in [0.5, 0.6) is 0 Å². The predicted octanol–water partition coefficient (Wildman–Crippen LogP) is 3.19. The molecule has 3 fully saturated rings. The van der Waals surface area contributed by atoms with Crippen LogP contribution in [0.15, 0.2) is 30.6 Å². The summed E-state index contributed by atoms with van der Waals surface area (Å²) < 4.78 is 42.8. The Balaban J connectivity index is 1.24. The molecule has 2 aliphatic carbocycles. The second-order valence-electron chi connectivity index (χ2n) is 10.3. The number of alkyl halides is 3. The highest BCUT2D eigenvalue weighted by Crippen LogP contribution is 2.79. The van der Waals surface area contributed by atoms with Crippen LogP contribution in [-0.4, -0.2) is 49.4 Å². The Hall–Kier alpha value is -3.98. The van der Waals surface area contributed by atoms with Crippen molar-refractivity contribution >= 4 is 29.2 Å². The van der Waals surface area contributed by atoms with Crippen LogP contribution in [0, 0.1) is 29.1 Å². The van der Waals surface area contributed by atoms with Gasteiger partial charge in [-0.1, -0.05) is 29.7 Å². The van der Waals surface area contributed by atoms with E-state index in [9.17, 15) is 22.8 Å². The summed E-state index contributed by atoms with van der Waals surface area (Å²) in [5.74, 6) is 5.09. The third-order valence-electron chi connectivity index (χ3n) is 8.28. The molecule has 3 aromatic rings. The number of benzene rings is 1. The van der Waals surface area contributed by atoms with E-state index in [4.69, 9.17) is 23.1 Å². The highest BCUT2D eigenvalue weighted by molar-refractivity contribution is 6.32. The Labute approximate surface area is 225 Å². The van der Waals surface area contributed by atoms with E-state index in [2.05, 4.69) is 22.0 Å². The van der Waals surface area contributed by atoms with Gasteiger partial charge in [0.25, 0.3) is 11.8 Å². The lowest BCUT2D eigenvalue weighted by atomic mass is 9.80.